The van der Waals surface area contributed by atoms with Gasteiger partial charge in [0.2, 0.25) is 5.91 Å². The number of anilines is 1. The number of halogens is 1. The van der Waals surface area contributed by atoms with E-state index in [2.05, 4.69) is 10.6 Å². The van der Waals surface area contributed by atoms with E-state index in [0.29, 0.717) is 10.8 Å². The van der Waals surface area contributed by atoms with E-state index in [-0.39, 0.29) is 11.0 Å². The lowest BCUT2D eigenvalue weighted by molar-refractivity contribution is -0.115. The van der Waals surface area contributed by atoms with Crippen LogP contribution in [0.25, 0.3) is 6.08 Å². The van der Waals surface area contributed by atoms with Crippen molar-refractivity contribution in [2.75, 3.05) is 12.4 Å². The van der Waals surface area contributed by atoms with Crippen LogP contribution in [0.2, 0.25) is 5.02 Å². The van der Waals surface area contributed by atoms with E-state index in [9.17, 15) is 4.79 Å². The molecule has 0 atom stereocenters. The lowest BCUT2D eigenvalue weighted by Crippen LogP contribution is -2.32. The molecule has 0 spiro atoms. The summed E-state index contributed by atoms with van der Waals surface area (Å²) in [6.45, 7) is 0. The van der Waals surface area contributed by atoms with Gasteiger partial charge in [-0.25, -0.2) is 0 Å². The normalized spacial score (nSPS) is 10.3. The monoisotopic (exact) mass is 346 g/mol. The number of carbonyl (C=O) groups is 1. The minimum Gasteiger partial charge on any atom is -0.497 e. The zero-order chi connectivity index (χ0) is 16.7. The first-order valence-electron chi connectivity index (χ1n) is 6.76. The Labute approximate surface area is 145 Å². The van der Waals surface area contributed by atoms with Gasteiger partial charge in [0.05, 0.1) is 7.11 Å². The summed E-state index contributed by atoms with van der Waals surface area (Å²) in [6.07, 6.45) is 3.09. The van der Waals surface area contributed by atoms with Crippen LogP contribution in [0.5, 0.6) is 5.75 Å². The Morgan fingerprint density at radius 1 is 1.22 bits per heavy atom. The molecule has 2 aromatic rings. The van der Waals surface area contributed by atoms with Crippen LogP contribution in [0.1, 0.15) is 5.56 Å². The molecule has 2 aromatic carbocycles. The molecule has 6 heteroatoms. The minimum atomic E-state index is -0.319. The third-order valence-corrected chi connectivity index (χ3v) is 3.32. The SMILES string of the molecule is COc1cccc(NC(=S)NC(=O)C=Cc2ccc(Cl)cc2)c1. The second-order valence-electron chi connectivity index (χ2n) is 4.56. The van der Waals surface area contributed by atoms with Gasteiger partial charge in [0.1, 0.15) is 5.75 Å². The van der Waals surface area contributed by atoms with Gasteiger partial charge < -0.3 is 10.1 Å². The Bertz CT molecular complexity index is 730. The van der Waals surface area contributed by atoms with Gasteiger partial charge in [-0.05, 0) is 48.1 Å². The van der Waals surface area contributed by atoms with Gasteiger partial charge >= 0.3 is 0 Å². The van der Waals surface area contributed by atoms with E-state index in [1.165, 1.54) is 6.08 Å². The number of carbonyl (C=O) groups excluding carboxylic acids is 1. The molecule has 0 saturated heterocycles. The second kappa shape index (κ2) is 8.31. The Morgan fingerprint density at radius 3 is 2.65 bits per heavy atom. The molecule has 4 nitrogen and oxygen atoms in total. The van der Waals surface area contributed by atoms with Crippen molar-refractivity contribution < 1.29 is 9.53 Å². The molecule has 0 aliphatic rings. The molecule has 23 heavy (non-hydrogen) atoms. The van der Waals surface area contributed by atoms with E-state index in [0.717, 1.165) is 11.3 Å². The first kappa shape index (κ1) is 17.0. The molecule has 0 aliphatic heterocycles. The number of thiocarbonyl (C=S) groups is 1. The number of amides is 1. The van der Waals surface area contributed by atoms with Crippen molar-refractivity contribution in [3.8, 4) is 5.75 Å². The van der Waals surface area contributed by atoms with E-state index in [1.807, 2.05) is 30.3 Å². The van der Waals surface area contributed by atoms with Crippen LogP contribution in [-0.2, 0) is 4.79 Å². The predicted octanol–water partition coefficient (Wildman–Crippen LogP) is 3.88. The number of hydrogen-bond donors (Lipinski definition) is 2. The smallest absolute Gasteiger partial charge is 0.250 e. The van der Waals surface area contributed by atoms with Crippen LogP contribution < -0.4 is 15.4 Å². The summed E-state index contributed by atoms with van der Waals surface area (Å²) in [6, 6.07) is 14.4. The summed E-state index contributed by atoms with van der Waals surface area (Å²) >= 11 is 10.9. The van der Waals surface area contributed by atoms with Gasteiger partial charge in [0, 0.05) is 22.9 Å². The van der Waals surface area contributed by atoms with Gasteiger partial charge in [0.15, 0.2) is 5.11 Å². The highest BCUT2D eigenvalue weighted by Gasteiger charge is 2.02. The van der Waals surface area contributed by atoms with Gasteiger partial charge in [-0.1, -0.05) is 29.8 Å². The Kier molecular flexibility index (Phi) is 6.14. The molecule has 2 rings (SSSR count). The largest absolute Gasteiger partial charge is 0.497 e. The second-order valence-corrected chi connectivity index (χ2v) is 5.40. The van der Waals surface area contributed by atoms with Crippen molar-refractivity contribution in [2.45, 2.75) is 0 Å². The summed E-state index contributed by atoms with van der Waals surface area (Å²) in [5, 5.41) is 6.36. The van der Waals surface area contributed by atoms with Gasteiger partial charge in [0.25, 0.3) is 0 Å². The number of benzene rings is 2. The van der Waals surface area contributed by atoms with Crippen molar-refractivity contribution in [2.24, 2.45) is 0 Å². The molecule has 1 amide bonds. The number of hydrogen-bond acceptors (Lipinski definition) is 3. The van der Waals surface area contributed by atoms with Crippen molar-refractivity contribution in [3.05, 3.63) is 65.2 Å². The third kappa shape index (κ3) is 5.73. The molecule has 0 fully saturated rings. The first-order chi connectivity index (χ1) is 11.1. The third-order valence-electron chi connectivity index (χ3n) is 2.86. The van der Waals surface area contributed by atoms with Crippen molar-refractivity contribution in [1.29, 1.82) is 0 Å². The van der Waals surface area contributed by atoms with E-state index in [1.54, 1.807) is 31.4 Å². The lowest BCUT2D eigenvalue weighted by atomic mass is 10.2. The summed E-state index contributed by atoms with van der Waals surface area (Å²) in [5.41, 5.74) is 1.60. The molecular formula is C17H15ClN2O2S. The molecule has 0 radical (unpaired) electrons. The molecule has 118 valence electrons. The highest BCUT2D eigenvalue weighted by Crippen LogP contribution is 2.16. The average molecular weight is 347 g/mol. The molecule has 0 heterocycles. The predicted molar refractivity (Wildman–Crippen MR) is 97.8 cm³/mol. The van der Waals surface area contributed by atoms with Crippen LogP contribution in [0.15, 0.2) is 54.6 Å². The fourth-order valence-corrected chi connectivity index (χ4v) is 2.11. The zero-order valence-electron chi connectivity index (χ0n) is 12.4. The van der Waals surface area contributed by atoms with E-state index < -0.39 is 0 Å². The fraction of sp³-hybridized carbons (Fsp3) is 0.0588. The zero-order valence-corrected chi connectivity index (χ0v) is 13.9. The highest BCUT2D eigenvalue weighted by molar-refractivity contribution is 7.80. The van der Waals surface area contributed by atoms with Gasteiger partial charge in [-0.3, -0.25) is 10.1 Å². The quantitative estimate of drug-likeness (QED) is 0.651. The standard InChI is InChI=1S/C17H15ClN2O2S/c1-22-15-4-2-3-14(11-15)19-17(23)20-16(21)10-7-12-5-8-13(18)9-6-12/h2-11H,1H3,(H2,19,20,21,23). The Balaban J connectivity index is 1.89. The fourth-order valence-electron chi connectivity index (χ4n) is 1.76. The molecule has 0 unspecified atom stereocenters. The molecule has 2 N–H and O–H groups in total. The number of methoxy groups -OCH3 is 1. The Morgan fingerprint density at radius 2 is 1.96 bits per heavy atom. The van der Waals surface area contributed by atoms with E-state index >= 15 is 0 Å². The summed E-state index contributed by atoms with van der Waals surface area (Å²) in [7, 11) is 1.58. The van der Waals surface area contributed by atoms with Crippen molar-refractivity contribution in [3.63, 3.8) is 0 Å². The topological polar surface area (TPSA) is 50.4 Å². The molecular weight excluding hydrogens is 332 g/mol. The van der Waals surface area contributed by atoms with E-state index in [4.69, 9.17) is 28.6 Å². The number of nitrogens with one attached hydrogen (secondary N) is 2. The van der Waals surface area contributed by atoms with Gasteiger partial charge in [-0.15, -0.1) is 0 Å². The van der Waals surface area contributed by atoms with Crippen LogP contribution in [-0.4, -0.2) is 18.1 Å². The average Bonchev–Trinajstić information content (AvgIpc) is 2.54. The maximum Gasteiger partial charge on any atom is 0.250 e. The van der Waals surface area contributed by atoms with Crippen molar-refractivity contribution >= 4 is 46.6 Å². The maximum absolute atomic E-state index is 11.8. The number of ether oxygens (including phenoxy) is 1. The number of rotatable bonds is 4. The molecule has 0 aromatic heterocycles. The summed E-state index contributed by atoms with van der Waals surface area (Å²) in [5.74, 6) is 0.382. The van der Waals surface area contributed by atoms with Crippen LogP contribution in [0, 0.1) is 0 Å². The van der Waals surface area contributed by atoms with Crippen molar-refractivity contribution in [1.82, 2.24) is 5.32 Å². The minimum absolute atomic E-state index is 0.212. The van der Waals surface area contributed by atoms with Gasteiger partial charge in [-0.2, -0.15) is 0 Å². The van der Waals surface area contributed by atoms with Crippen LogP contribution in [0.4, 0.5) is 5.69 Å². The Hall–Kier alpha value is -2.37. The first-order valence-corrected chi connectivity index (χ1v) is 7.55. The molecule has 0 aliphatic carbocycles. The van der Waals surface area contributed by atoms with Crippen LogP contribution in [0.3, 0.4) is 0 Å². The summed E-state index contributed by atoms with van der Waals surface area (Å²) < 4.78 is 5.12. The molecule has 0 bridgehead atoms. The molecule has 0 saturated carbocycles. The lowest BCUT2D eigenvalue weighted by Gasteiger charge is -2.09. The summed E-state index contributed by atoms with van der Waals surface area (Å²) in [4.78, 5) is 11.8. The highest BCUT2D eigenvalue weighted by atomic mass is 35.5. The maximum atomic E-state index is 11.8. The van der Waals surface area contributed by atoms with Crippen LogP contribution >= 0.6 is 23.8 Å².